The fourth-order valence-electron chi connectivity index (χ4n) is 2.55. The zero-order valence-corrected chi connectivity index (χ0v) is 16.7. The monoisotopic (exact) mass is 453 g/mol. The molecule has 23 heavy (non-hydrogen) atoms. The molecule has 0 N–H and O–H groups in total. The van der Waals surface area contributed by atoms with Gasteiger partial charge < -0.3 is 9.47 Å². The third-order valence-corrected chi connectivity index (χ3v) is 5.46. The van der Waals surface area contributed by atoms with Crippen LogP contribution in [-0.4, -0.2) is 51.8 Å². The molecule has 1 aromatic heterocycles. The first-order valence-electron chi connectivity index (χ1n) is 7.24. The third-order valence-electron chi connectivity index (χ3n) is 3.56. The molecule has 1 aliphatic rings. The lowest BCUT2D eigenvalue weighted by Gasteiger charge is -2.27. The number of likely N-dealkylation sites (tertiary alicyclic amines) is 1. The lowest BCUT2D eigenvalue weighted by molar-refractivity contribution is -0.145. The largest absolute Gasteiger partial charge is 0.467 e. The lowest BCUT2D eigenvalue weighted by Crippen LogP contribution is -2.43. The zero-order valence-electron chi connectivity index (χ0n) is 13.6. The maximum Gasteiger partial charge on any atom is 0.411 e. The summed E-state index contributed by atoms with van der Waals surface area (Å²) in [5.41, 5.74) is 0.414. The van der Waals surface area contributed by atoms with E-state index in [9.17, 15) is 9.59 Å². The maximum absolute atomic E-state index is 12.4. The van der Waals surface area contributed by atoms with Crippen LogP contribution in [0.5, 0.6) is 0 Å². The first-order valence-corrected chi connectivity index (χ1v) is 11.3. The highest BCUT2D eigenvalue weighted by atomic mass is 127. The van der Waals surface area contributed by atoms with E-state index in [0.29, 0.717) is 19.3 Å². The van der Waals surface area contributed by atoms with E-state index < -0.39 is 23.7 Å². The van der Waals surface area contributed by atoms with E-state index in [0.717, 1.165) is 5.56 Å². The molecule has 0 saturated carbocycles. The van der Waals surface area contributed by atoms with Crippen LogP contribution in [0.1, 0.15) is 38.7 Å². The van der Waals surface area contributed by atoms with Gasteiger partial charge in [0.05, 0.1) is 19.7 Å². The number of methoxy groups -OCH3 is 1. The summed E-state index contributed by atoms with van der Waals surface area (Å²) in [5.74, 6) is -0.366. The number of nitrogens with zero attached hydrogens (tertiary/aromatic N) is 3. The summed E-state index contributed by atoms with van der Waals surface area (Å²) >= 11 is 2.25. The van der Waals surface area contributed by atoms with Crippen molar-refractivity contribution in [2.24, 2.45) is 0 Å². The number of aromatic nitrogens is 2. The molecule has 3 unspecified atom stereocenters. The van der Waals surface area contributed by atoms with Crippen LogP contribution >= 0.6 is 28.4 Å². The third kappa shape index (κ3) is 4.56. The Labute approximate surface area is 150 Å². The topological polar surface area (TPSA) is 73.7 Å². The Morgan fingerprint density at radius 2 is 2.13 bits per heavy atom. The van der Waals surface area contributed by atoms with E-state index in [2.05, 4.69) is 27.1 Å². The molecule has 0 radical (unpaired) electrons. The van der Waals surface area contributed by atoms with Crippen LogP contribution in [0.3, 0.4) is 0 Å². The molecule has 0 bridgehead atoms. The summed E-state index contributed by atoms with van der Waals surface area (Å²) in [6.45, 7) is 5.83. The first-order chi connectivity index (χ1) is 10.7. The van der Waals surface area contributed by atoms with Crippen LogP contribution in [0.2, 0.25) is 0 Å². The predicted octanol–water partition coefficient (Wildman–Crippen LogP) is 2.94. The minimum atomic E-state index is -0.620. The molecule has 9 heteroatoms. The fraction of sp³-hybridized carbons (Fsp3) is 0.643. The number of amides is 1. The van der Waals surface area contributed by atoms with Crippen LogP contribution in [0.25, 0.3) is 0 Å². The first kappa shape index (κ1) is 18.4. The smallest absolute Gasteiger partial charge is 0.411 e. The molecular formula is C14H21IN3O4P. The molecule has 128 valence electrons. The van der Waals surface area contributed by atoms with Gasteiger partial charge in [0, 0.05) is 18.7 Å². The van der Waals surface area contributed by atoms with E-state index in [4.69, 9.17) is 9.47 Å². The van der Waals surface area contributed by atoms with Gasteiger partial charge in [0.1, 0.15) is 11.6 Å². The van der Waals surface area contributed by atoms with Gasteiger partial charge in [-0.15, -0.1) is 0 Å². The van der Waals surface area contributed by atoms with Crippen molar-refractivity contribution in [3.05, 3.63) is 18.0 Å². The molecule has 2 rings (SSSR count). The van der Waals surface area contributed by atoms with Crippen LogP contribution in [-0.2, 0) is 14.3 Å². The summed E-state index contributed by atoms with van der Waals surface area (Å²) in [4.78, 5) is 25.9. The number of ether oxygens (including phenoxy) is 2. The number of esters is 1. The SMILES string of the molecule is COC(=O)C1CC(c2cnn(PI)c2)CN1C(=O)OC(C)(C)C. The van der Waals surface area contributed by atoms with Crippen molar-refractivity contribution >= 4 is 40.5 Å². The highest BCUT2D eigenvalue weighted by Gasteiger charge is 2.42. The van der Waals surface area contributed by atoms with Gasteiger partial charge in [-0.2, -0.15) is 5.10 Å². The van der Waals surface area contributed by atoms with E-state index in [1.165, 1.54) is 12.0 Å². The molecule has 7 nitrogen and oxygen atoms in total. The highest BCUT2D eigenvalue weighted by Crippen LogP contribution is 2.34. The van der Waals surface area contributed by atoms with Crippen molar-refractivity contribution in [2.75, 3.05) is 13.7 Å². The molecular weight excluding hydrogens is 432 g/mol. The summed E-state index contributed by atoms with van der Waals surface area (Å²) in [6.07, 6.45) is 4.30. The molecule has 0 spiro atoms. The predicted molar refractivity (Wildman–Crippen MR) is 96.1 cm³/mol. The number of hydrogen-bond acceptors (Lipinski definition) is 5. The quantitative estimate of drug-likeness (QED) is 0.400. The minimum absolute atomic E-state index is 0.0492. The second-order valence-corrected chi connectivity index (χ2v) is 8.48. The van der Waals surface area contributed by atoms with Crippen LogP contribution in [0.4, 0.5) is 4.79 Å². The van der Waals surface area contributed by atoms with E-state index in [1.807, 2.05) is 10.6 Å². The average molecular weight is 453 g/mol. The van der Waals surface area contributed by atoms with Gasteiger partial charge >= 0.3 is 12.1 Å². The Morgan fingerprint density at radius 1 is 1.43 bits per heavy atom. The van der Waals surface area contributed by atoms with E-state index in [-0.39, 0.29) is 5.92 Å². The second-order valence-electron chi connectivity index (χ2n) is 6.41. The average Bonchev–Trinajstić information content (AvgIpc) is 3.10. The van der Waals surface area contributed by atoms with Crippen molar-refractivity contribution in [3.8, 4) is 0 Å². The zero-order chi connectivity index (χ0) is 17.2. The molecule has 1 aromatic rings. The molecule has 1 aliphatic heterocycles. The van der Waals surface area contributed by atoms with Gasteiger partial charge in [0.25, 0.3) is 0 Å². The van der Waals surface area contributed by atoms with E-state index in [1.54, 1.807) is 27.0 Å². The van der Waals surface area contributed by atoms with Crippen LogP contribution < -0.4 is 0 Å². The summed E-state index contributed by atoms with van der Waals surface area (Å²) in [7, 11) is 1.33. The van der Waals surface area contributed by atoms with Crippen molar-refractivity contribution in [3.63, 3.8) is 0 Å². The molecule has 3 atom stereocenters. The molecule has 0 aliphatic carbocycles. The molecule has 2 heterocycles. The minimum Gasteiger partial charge on any atom is -0.467 e. The Balaban J connectivity index is 2.18. The molecule has 1 saturated heterocycles. The number of rotatable bonds is 3. The maximum atomic E-state index is 12.4. The normalized spacial score (nSPS) is 21.9. The Kier molecular flexibility index (Phi) is 5.89. The number of carbonyl (C=O) groups excluding carboxylic acids is 2. The number of hydrogen-bond donors (Lipinski definition) is 0. The molecule has 0 aromatic carbocycles. The Morgan fingerprint density at radius 3 is 2.65 bits per heavy atom. The van der Waals surface area contributed by atoms with Crippen LogP contribution in [0, 0.1) is 0 Å². The summed E-state index contributed by atoms with van der Waals surface area (Å²) in [6, 6.07) is -0.620. The van der Waals surface area contributed by atoms with Gasteiger partial charge in [-0.3, -0.25) is 4.90 Å². The Hall–Kier alpha value is -0.890. The second kappa shape index (κ2) is 7.34. The van der Waals surface area contributed by atoms with Crippen molar-refractivity contribution < 1.29 is 19.1 Å². The standard InChI is InChI=1S/C14H21IN3O4P/c1-14(2,3)22-13(20)17-7-9(5-11(17)12(19)21-4)10-6-16-18(8-10)23-15/h6,8-9,11,23H,5,7H2,1-4H3. The molecule has 1 fully saturated rings. The number of carbonyl (C=O) groups is 2. The summed E-state index contributed by atoms with van der Waals surface area (Å²) < 4.78 is 12.1. The van der Waals surface area contributed by atoms with Gasteiger partial charge in [0.15, 0.2) is 0 Å². The summed E-state index contributed by atoms with van der Waals surface area (Å²) in [5, 5.41) is 4.27. The van der Waals surface area contributed by atoms with Crippen LogP contribution in [0.15, 0.2) is 12.4 Å². The fourth-order valence-corrected chi connectivity index (χ4v) is 3.64. The lowest BCUT2D eigenvalue weighted by atomic mass is 10.00. The van der Waals surface area contributed by atoms with E-state index >= 15 is 0 Å². The van der Waals surface area contributed by atoms with Crippen molar-refractivity contribution in [2.45, 2.75) is 44.8 Å². The van der Waals surface area contributed by atoms with Gasteiger partial charge in [-0.1, -0.05) is 0 Å². The highest BCUT2D eigenvalue weighted by molar-refractivity contribution is 14.2. The van der Waals surface area contributed by atoms with Crippen molar-refractivity contribution in [1.29, 1.82) is 0 Å². The van der Waals surface area contributed by atoms with Gasteiger partial charge in [0.2, 0.25) is 0 Å². The van der Waals surface area contributed by atoms with Gasteiger partial charge in [-0.05, 0) is 54.8 Å². The Bertz CT molecular complexity index is 587. The van der Waals surface area contributed by atoms with Gasteiger partial charge in [-0.25, -0.2) is 14.0 Å². The number of halogens is 1. The van der Waals surface area contributed by atoms with Crippen molar-refractivity contribution in [1.82, 2.24) is 14.5 Å². The molecule has 1 amide bonds.